The van der Waals surface area contributed by atoms with Gasteiger partial charge in [0.05, 0.1) is 23.5 Å². The van der Waals surface area contributed by atoms with Crippen LogP contribution in [0.25, 0.3) is 22.4 Å². The second-order valence-corrected chi connectivity index (χ2v) is 8.68. The predicted octanol–water partition coefficient (Wildman–Crippen LogP) is 4.17. The van der Waals surface area contributed by atoms with Gasteiger partial charge < -0.3 is 20.4 Å². The van der Waals surface area contributed by atoms with Crippen LogP contribution in [0.4, 0.5) is 10.5 Å². The first-order chi connectivity index (χ1) is 16.8. The van der Waals surface area contributed by atoms with Crippen LogP contribution in [0.2, 0.25) is 5.02 Å². The third-order valence-corrected chi connectivity index (χ3v) is 6.32. The fraction of sp³-hybridized carbons (Fsp3) is 0.120. The molecular formula is C25H18ClN5O4. The summed E-state index contributed by atoms with van der Waals surface area (Å²) in [7, 11) is 0. The number of pyridine rings is 1. The summed E-state index contributed by atoms with van der Waals surface area (Å²) >= 11 is 6.11. The number of hydrogen-bond donors (Lipinski definition) is 4. The second kappa shape index (κ2) is 8.43. The molecule has 4 aromatic rings. The highest BCUT2D eigenvalue weighted by molar-refractivity contribution is 6.30. The van der Waals surface area contributed by atoms with E-state index < -0.39 is 11.7 Å². The highest BCUT2D eigenvalue weighted by Crippen LogP contribution is 2.41. The van der Waals surface area contributed by atoms with Gasteiger partial charge in [0, 0.05) is 27.4 Å². The van der Waals surface area contributed by atoms with Crippen LogP contribution in [-0.4, -0.2) is 26.3 Å². The normalized spacial score (nSPS) is 16.5. The Morgan fingerprint density at radius 2 is 2.00 bits per heavy atom. The third-order valence-electron chi connectivity index (χ3n) is 6.09. The van der Waals surface area contributed by atoms with E-state index in [2.05, 4.69) is 21.4 Å². The van der Waals surface area contributed by atoms with Gasteiger partial charge in [0.1, 0.15) is 5.82 Å². The molecule has 174 valence electrons. The Morgan fingerprint density at radius 3 is 2.71 bits per heavy atom. The summed E-state index contributed by atoms with van der Waals surface area (Å²) in [5.74, 6) is 0.233. The molecule has 0 aliphatic heterocycles. The Kier molecular flexibility index (Phi) is 5.40. The molecule has 2 aromatic heterocycles. The molecule has 35 heavy (non-hydrogen) atoms. The van der Waals surface area contributed by atoms with Crippen molar-refractivity contribution in [1.82, 2.24) is 9.97 Å². The van der Waals surface area contributed by atoms with Crippen LogP contribution in [0.5, 0.6) is 0 Å². The fourth-order valence-corrected chi connectivity index (χ4v) is 4.64. The van der Waals surface area contributed by atoms with E-state index in [4.69, 9.17) is 16.7 Å². The number of carbonyl (C=O) groups is 1. The number of benzene rings is 2. The van der Waals surface area contributed by atoms with E-state index in [0.29, 0.717) is 49.8 Å². The van der Waals surface area contributed by atoms with E-state index in [9.17, 15) is 20.4 Å². The highest BCUT2D eigenvalue weighted by Gasteiger charge is 2.48. The van der Waals surface area contributed by atoms with Crippen molar-refractivity contribution in [3.8, 4) is 28.5 Å². The summed E-state index contributed by atoms with van der Waals surface area (Å²) < 4.78 is 0.633. The van der Waals surface area contributed by atoms with Gasteiger partial charge in [-0.2, -0.15) is 9.99 Å². The largest absolute Gasteiger partial charge is 0.618 e. The third kappa shape index (κ3) is 3.95. The van der Waals surface area contributed by atoms with Gasteiger partial charge in [-0.05, 0) is 54.8 Å². The summed E-state index contributed by atoms with van der Waals surface area (Å²) in [5.41, 5.74) is 2.46. The molecule has 0 fully saturated rings. The minimum absolute atomic E-state index is 0.184. The van der Waals surface area contributed by atoms with Gasteiger partial charge in [-0.25, -0.2) is 9.78 Å². The molecule has 2 heterocycles. The lowest BCUT2D eigenvalue weighted by Crippen LogP contribution is -2.42. The van der Waals surface area contributed by atoms with Crippen LogP contribution in [-0.2, 0) is 12.0 Å². The van der Waals surface area contributed by atoms with Crippen molar-refractivity contribution in [3.05, 3.63) is 93.8 Å². The van der Waals surface area contributed by atoms with E-state index in [-0.39, 0.29) is 17.9 Å². The lowest BCUT2D eigenvalue weighted by Gasteiger charge is -2.20. The maximum atomic E-state index is 13.1. The van der Waals surface area contributed by atoms with Gasteiger partial charge in [0.25, 0.3) is 0 Å². The zero-order valence-electron chi connectivity index (χ0n) is 18.1. The molecule has 1 aliphatic carbocycles. The number of aliphatic hydroxyl groups is 1. The molecule has 0 bridgehead atoms. The van der Waals surface area contributed by atoms with Crippen LogP contribution >= 0.6 is 11.6 Å². The van der Waals surface area contributed by atoms with Crippen LogP contribution < -0.4 is 10.0 Å². The number of carboxylic acid groups (broad SMARTS) is 1. The molecule has 0 saturated heterocycles. The number of anilines is 1. The molecule has 9 nitrogen and oxygen atoms in total. The van der Waals surface area contributed by atoms with E-state index in [1.165, 1.54) is 6.20 Å². The van der Waals surface area contributed by atoms with E-state index >= 15 is 0 Å². The summed E-state index contributed by atoms with van der Waals surface area (Å²) in [5, 5.41) is 45.7. The molecule has 10 heteroatoms. The van der Waals surface area contributed by atoms with Crippen molar-refractivity contribution in [2.24, 2.45) is 0 Å². The topological polar surface area (TPSA) is 149 Å². The van der Waals surface area contributed by atoms with Crippen molar-refractivity contribution < 1.29 is 19.7 Å². The Balaban J connectivity index is 1.50. The molecule has 0 radical (unpaired) electrons. The van der Waals surface area contributed by atoms with Gasteiger partial charge in [-0.3, -0.25) is 5.32 Å². The number of amides is 1. The van der Waals surface area contributed by atoms with Crippen LogP contribution in [0, 0.1) is 16.5 Å². The van der Waals surface area contributed by atoms with Gasteiger partial charge >= 0.3 is 6.09 Å². The molecule has 2 aromatic carbocycles. The first kappa shape index (κ1) is 22.4. The Bertz CT molecular complexity index is 1510. The number of nitrogens with zero attached hydrogens (tertiary/aromatic N) is 3. The smallest absolute Gasteiger partial charge is 0.409 e. The van der Waals surface area contributed by atoms with Crippen LogP contribution in [0.15, 0.2) is 60.9 Å². The number of aryl methyl sites for hydroxylation is 1. The number of fused-ring (bicyclic) bond motifs is 1. The molecule has 5 rings (SSSR count). The first-order valence-electron chi connectivity index (χ1n) is 10.6. The number of aromatic nitrogens is 3. The molecule has 1 amide bonds. The number of halogens is 1. The van der Waals surface area contributed by atoms with E-state index in [1.807, 2.05) is 0 Å². The van der Waals surface area contributed by atoms with E-state index in [1.54, 1.807) is 54.7 Å². The molecule has 1 unspecified atom stereocenters. The summed E-state index contributed by atoms with van der Waals surface area (Å²) in [4.78, 5) is 18.2. The van der Waals surface area contributed by atoms with Crippen molar-refractivity contribution in [2.45, 2.75) is 18.4 Å². The zero-order valence-corrected chi connectivity index (χ0v) is 18.9. The van der Waals surface area contributed by atoms with Crippen molar-refractivity contribution in [3.63, 3.8) is 0 Å². The molecule has 0 spiro atoms. The second-order valence-electron chi connectivity index (χ2n) is 8.24. The highest BCUT2D eigenvalue weighted by atomic mass is 35.5. The number of aromatic amines is 1. The SMILES string of the molecule is N#Cc1ccc(Cl)cc1-c1cc2c([n+]([O-])c1)C(O)(c1ncc(-c3ccc(NC(=O)O)cc3)[nH]1)CC2. The standard InChI is InChI=1S/C25H18ClN5O4/c26-18-4-1-16(11-27)20(10-18)17-9-15-7-8-25(34,22(15)31(35)13-17)23-28-12-21(30-23)14-2-5-19(6-3-14)29-24(32)33/h1-6,9-10,12-13,29,34H,7-8H2,(H,28,30)(H,32,33). The lowest BCUT2D eigenvalue weighted by atomic mass is 9.97. The lowest BCUT2D eigenvalue weighted by molar-refractivity contribution is -0.620. The minimum Gasteiger partial charge on any atom is -0.618 e. The Morgan fingerprint density at radius 1 is 1.23 bits per heavy atom. The molecular weight excluding hydrogens is 470 g/mol. The average Bonchev–Trinajstić information content (AvgIpc) is 3.46. The molecule has 1 aliphatic rings. The first-order valence-corrected chi connectivity index (χ1v) is 11.0. The number of nitrogens with one attached hydrogen (secondary N) is 2. The predicted molar refractivity (Wildman–Crippen MR) is 128 cm³/mol. The van der Waals surface area contributed by atoms with Gasteiger partial charge in [-0.1, -0.05) is 23.7 Å². The number of rotatable bonds is 4. The average molecular weight is 488 g/mol. The van der Waals surface area contributed by atoms with Crippen molar-refractivity contribution >= 4 is 23.4 Å². The summed E-state index contributed by atoms with van der Waals surface area (Å²) in [6.07, 6.45) is 2.43. The van der Waals surface area contributed by atoms with Gasteiger partial charge in [-0.15, -0.1) is 0 Å². The quantitative estimate of drug-likeness (QED) is 0.250. The van der Waals surface area contributed by atoms with Crippen LogP contribution in [0.1, 0.15) is 29.1 Å². The van der Waals surface area contributed by atoms with Crippen LogP contribution in [0.3, 0.4) is 0 Å². The summed E-state index contributed by atoms with van der Waals surface area (Å²) in [6.45, 7) is 0. The number of imidazole rings is 1. The summed E-state index contributed by atoms with van der Waals surface area (Å²) in [6, 6.07) is 15.4. The number of hydrogen-bond acceptors (Lipinski definition) is 5. The van der Waals surface area contributed by atoms with Crippen molar-refractivity contribution in [1.29, 1.82) is 5.26 Å². The Labute approximate surface area is 204 Å². The van der Waals surface area contributed by atoms with E-state index in [0.717, 1.165) is 5.56 Å². The number of H-pyrrole nitrogens is 1. The molecule has 0 saturated carbocycles. The number of nitriles is 1. The van der Waals surface area contributed by atoms with Crippen molar-refractivity contribution in [2.75, 3.05) is 5.32 Å². The minimum atomic E-state index is -1.62. The fourth-order valence-electron chi connectivity index (χ4n) is 4.46. The maximum absolute atomic E-state index is 13.1. The Hall–Kier alpha value is -4.39. The maximum Gasteiger partial charge on any atom is 0.409 e. The van der Waals surface area contributed by atoms with Gasteiger partial charge in [0.15, 0.2) is 6.20 Å². The zero-order chi connectivity index (χ0) is 24.7. The van der Waals surface area contributed by atoms with Gasteiger partial charge in [0.2, 0.25) is 11.3 Å². The molecule has 4 N–H and O–H groups in total. The molecule has 1 atom stereocenters. The monoisotopic (exact) mass is 487 g/mol.